The molecule has 4 rings (SSSR count). The number of aromatic nitrogens is 1. The van der Waals surface area contributed by atoms with Crippen LogP contribution in [0.2, 0.25) is 0 Å². The van der Waals surface area contributed by atoms with Gasteiger partial charge in [0.2, 0.25) is 11.8 Å². The lowest BCUT2D eigenvalue weighted by atomic mass is 9.75. The molecule has 35 heavy (non-hydrogen) atoms. The number of hydrogen-bond donors (Lipinski definition) is 3. The highest BCUT2D eigenvalue weighted by Gasteiger charge is 2.43. The number of hydrogen-bond acceptors (Lipinski definition) is 6. The standard InChI is InChI=1S/C25H31N5O5/c31-23(27-35)22-16-20(30(25(33)34)17-18-8-10-26-11-9-18)6-7-21(22)24(32)29-14-12-28(13-15-29)19-4-2-1-3-5-19/h1-5,8-11,20-22,35H,6-7,12-17H2,(H,27,31)(H,33,34)/t20-,21+,22+/m1/s1. The molecule has 2 aromatic rings. The molecule has 186 valence electrons. The number of hydroxylamine groups is 1. The van der Waals surface area contributed by atoms with Gasteiger partial charge in [-0.25, -0.2) is 10.3 Å². The van der Waals surface area contributed by atoms with Gasteiger partial charge in [-0.1, -0.05) is 18.2 Å². The van der Waals surface area contributed by atoms with Crippen LogP contribution in [0.25, 0.3) is 0 Å². The highest BCUT2D eigenvalue weighted by Crippen LogP contribution is 2.35. The van der Waals surface area contributed by atoms with Crippen molar-refractivity contribution in [2.75, 3.05) is 31.1 Å². The first-order chi connectivity index (χ1) is 17.0. The van der Waals surface area contributed by atoms with E-state index in [0.717, 1.165) is 11.3 Å². The minimum Gasteiger partial charge on any atom is -0.465 e. The van der Waals surface area contributed by atoms with E-state index in [0.29, 0.717) is 39.0 Å². The van der Waals surface area contributed by atoms with Gasteiger partial charge in [0.05, 0.1) is 5.92 Å². The van der Waals surface area contributed by atoms with Gasteiger partial charge in [0.1, 0.15) is 0 Å². The molecule has 1 aliphatic carbocycles. The quantitative estimate of drug-likeness (QED) is 0.426. The molecule has 3 N–H and O–H groups in total. The maximum Gasteiger partial charge on any atom is 0.407 e. The van der Waals surface area contributed by atoms with E-state index in [-0.39, 0.29) is 18.9 Å². The van der Waals surface area contributed by atoms with Gasteiger partial charge in [-0.2, -0.15) is 0 Å². The highest BCUT2D eigenvalue weighted by molar-refractivity contribution is 5.87. The largest absolute Gasteiger partial charge is 0.465 e. The summed E-state index contributed by atoms with van der Waals surface area (Å²) < 4.78 is 0. The normalized spacial score (nSPS) is 22.4. The third-order valence-corrected chi connectivity index (χ3v) is 7.09. The second-order valence-electron chi connectivity index (χ2n) is 9.07. The molecular formula is C25H31N5O5. The number of nitrogens with zero attached hydrogens (tertiary/aromatic N) is 4. The lowest BCUT2D eigenvalue weighted by Gasteiger charge is -2.42. The number of carbonyl (C=O) groups is 3. The molecule has 3 amide bonds. The second kappa shape index (κ2) is 11.2. The molecule has 0 radical (unpaired) electrons. The van der Waals surface area contributed by atoms with Crippen molar-refractivity contribution in [3.8, 4) is 0 Å². The van der Waals surface area contributed by atoms with Gasteiger partial charge in [0.25, 0.3) is 0 Å². The zero-order chi connectivity index (χ0) is 24.8. The summed E-state index contributed by atoms with van der Waals surface area (Å²) in [4.78, 5) is 47.3. The Bertz CT molecular complexity index is 1010. The van der Waals surface area contributed by atoms with Crippen LogP contribution in [0.5, 0.6) is 0 Å². The number of carboxylic acid groups (broad SMARTS) is 1. The molecule has 2 aliphatic rings. The van der Waals surface area contributed by atoms with Crippen molar-refractivity contribution in [1.29, 1.82) is 0 Å². The van der Waals surface area contributed by atoms with Crippen LogP contribution in [0.3, 0.4) is 0 Å². The molecule has 0 bridgehead atoms. The summed E-state index contributed by atoms with van der Waals surface area (Å²) in [7, 11) is 0. The highest BCUT2D eigenvalue weighted by atomic mass is 16.5. The molecule has 0 spiro atoms. The smallest absolute Gasteiger partial charge is 0.407 e. The van der Waals surface area contributed by atoms with Crippen molar-refractivity contribution in [1.82, 2.24) is 20.3 Å². The van der Waals surface area contributed by atoms with Crippen molar-refractivity contribution in [3.05, 3.63) is 60.4 Å². The van der Waals surface area contributed by atoms with E-state index in [1.165, 1.54) is 4.90 Å². The minimum atomic E-state index is -1.09. The molecule has 3 atom stereocenters. The summed E-state index contributed by atoms with van der Waals surface area (Å²) in [6.07, 6.45) is 3.13. The van der Waals surface area contributed by atoms with E-state index < -0.39 is 29.9 Å². The molecule has 2 fully saturated rings. The summed E-state index contributed by atoms with van der Waals surface area (Å²) in [5.74, 6) is -2.16. The van der Waals surface area contributed by atoms with Crippen molar-refractivity contribution >= 4 is 23.6 Å². The number of anilines is 1. The minimum absolute atomic E-state index is 0.110. The Kier molecular flexibility index (Phi) is 7.81. The van der Waals surface area contributed by atoms with E-state index in [2.05, 4.69) is 9.88 Å². The molecule has 2 heterocycles. The number of piperazine rings is 1. The molecule has 1 saturated heterocycles. The number of rotatable bonds is 6. The van der Waals surface area contributed by atoms with Gasteiger partial charge in [0.15, 0.2) is 0 Å². The Labute approximate surface area is 204 Å². The summed E-state index contributed by atoms with van der Waals surface area (Å²) in [6, 6.07) is 13.1. The fraction of sp³-hybridized carbons (Fsp3) is 0.440. The first kappa shape index (κ1) is 24.5. The molecule has 1 aliphatic heterocycles. The number of pyridine rings is 1. The van der Waals surface area contributed by atoms with E-state index in [1.54, 1.807) is 34.9 Å². The van der Waals surface area contributed by atoms with E-state index in [1.807, 2.05) is 30.3 Å². The Morgan fingerprint density at radius 1 is 0.971 bits per heavy atom. The summed E-state index contributed by atoms with van der Waals surface area (Å²) >= 11 is 0. The zero-order valence-electron chi connectivity index (χ0n) is 19.5. The van der Waals surface area contributed by atoms with Crippen LogP contribution in [0.4, 0.5) is 10.5 Å². The van der Waals surface area contributed by atoms with Crippen LogP contribution in [-0.4, -0.2) is 75.2 Å². The van der Waals surface area contributed by atoms with Crippen LogP contribution < -0.4 is 10.4 Å². The fourth-order valence-corrected chi connectivity index (χ4v) is 5.20. The molecular weight excluding hydrogens is 450 g/mol. The van der Waals surface area contributed by atoms with Gasteiger partial charge in [-0.05, 0) is 49.1 Å². The van der Waals surface area contributed by atoms with Crippen molar-refractivity contribution in [2.24, 2.45) is 11.8 Å². The van der Waals surface area contributed by atoms with Crippen LogP contribution in [0.1, 0.15) is 24.8 Å². The average Bonchev–Trinajstić information content (AvgIpc) is 2.91. The number of carbonyl (C=O) groups excluding carboxylic acids is 2. The van der Waals surface area contributed by atoms with Crippen molar-refractivity contribution in [2.45, 2.75) is 31.8 Å². The predicted molar refractivity (Wildman–Crippen MR) is 128 cm³/mol. The summed E-state index contributed by atoms with van der Waals surface area (Å²) in [5.41, 5.74) is 3.60. The fourth-order valence-electron chi connectivity index (χ4n) is 5.20. The summed E-state index contributed by atoms with van der Waals surface area (Å²) in [6.45, 7) is 2.65. The van der Waals surface area contributed by atoms with E-state index in [4.69, 9.17) is 0 Å². The first-order valence-electron chi connectivity index (χ1n) is 11.9. The van der Waals surface area contributed by atoms with Gasteiger partial charge in [-0.3, -0.25) is 19.8 Å². The molecule has 1 saturated carbocycles. The Hall–Kier alpha value is -3.66. The second-order valence-corrected chi connectivity index (χ2v) is 9.07. The third kappa shape index (κ3) is 5.71. The predicted octanol–water partition coefficient (Wildman–Crippen LogP) is 2.20. The van der Waals surface area contributed by atoms with Gasteiger partial charge in [-0.15, -0.1) is 0 Å². The molecule has 0 unspecified atom stereocenters. The monoisotopic (exact) mass is 481 g/mol. The molecule has 10 heteroatoms. The maximum atomic E-state index is 13.4. The number of benzene rings is 1. The Morgan fingerprint density at radius 2 is 1.66 bits per heavy atom. The SMILES string of the molecule is O=C(NO)[C@H]1C[C@H](N(Cc2ccncc2)C(=O)O)CC[C@@H]1C(=O)N1CCN(c2ccccc2)CC1. The Balaban J connectivity index is 1.43. The summed E-state index contributed by atoms with van der Waals surface area (Å²) in [5, 5.41) is 19.2. The van der Waals surface area contributed by atoms with Crippen molar-refractivity contribution in [3.63, 3.8) is 0 Å². The van der Waals surface area contributed by atoms with E-state index >= 15 is 0 Å². The lowest BCUT2D eigenvalue weighted by molar-refractivity contribution is -0.148. The topological polar surface area (TPSA) is 126 Å². The van der Waals surface area contributed by atoms with Crippen LogP contribution in [0, 0.1) is 11.8 Å². The van der Waals surface area contributed by atoms with Gasteiger partial charge < -0.3 is 19.8 Å². The third-order valence-electron chi connectivity index (χ3n) is 7.09. The van der Waals surface area contributed by atoms with Gasteiger partial charge in [0, 0.05) is 62.8 Å². The number of para-hydroxylation sites is 1. The average molecular weight is 482 g/mol. The molecule has 1 aromatic carbocycles. The van der Waals surface area contributed by atoms with E-state index in [9.17, 15) is 24.7 Å². The molecule has 10 nitrogen and oxygen atoms in total. The van der Waals surface area contributed by atoms with Crippen LogP contribution in [0.15, 0.2) is 54.9 Å². The number of nitrogens with one attached hydrogen (secondary N) is 1. The van der Waals surface area contributed by atoms with Gasteiger partial charge >= 0.3 is 6.09 Å². The molecule has 1 aromatic heterocycles. The van der Waals surface area contributed by atoms with Crippen LogP contribution >= 0.6 is 0 Å². The van der Waals surface area contributed by atoms with Crippen LogP contribution in [-0.2, 0) is 16.1 Å². The first-order valence-corrected chi connectivity index (χ1v) is 11.9. The van der Waals surface area contributed by atoms with Crippen molar-refractivity contribution < 1.29 is 24.7 Å². The lowest BCUT2D eigenvalue weighted by Crippen LogP contribution is -2.54. The Morgan fingerprint density at radius 3 is 2.29 bits per heavy atom. The number of amides is 3. The maximum absolute atomic E-state index is 13.4. The zero-order valence-corrected chi connectivity index (χ0v) is 19.5.